The van der Waals surface area contributed by atoms with Gasteiger partial charge in [0.2, 0.25) is 5.82 Å². The number of tetrazole rings is 1. The second-order valence-corrected chi connectivity index (χ2v) is 10.1. The minimum absolute atomic E-state index is 0.0190. The van der Waals surface area contributed by atoms with Crippen LogP contribution in [-0.2, 0) is 34.0 Å². The third-order valence-corrected chi connectivity index (χ3v) is 7.05. The van der Waals surface area contributed by atoms with Gasteiger partial charge in [-0.1, -0.05) is 91.0 Å². The lowest BCUT2D eigenvalue weighted by molar-refractivity contribution is -0.176. The van der Waals surface area contributed by atoms with Gasteiger partial charge in [-0.15, -0.1) is 5.10 Å². The first-order valence-electron chi connectivity index (χ1n) is 14.1. The summed E-state index contributed by atoms with van der Waals surface area (Å²) in [7, 11) is 0. The van der Waals surface area contributed by atoms with E-state index < -0.39 is 18.4 Å². The summed E-state index contributed by atoms with van der Waals surface area (Å²) in [6, 6.07) is 32.8. The standard InChI is InChI=1S/C32H32N8O4/c33-30-26-16-17-27(39(26)35-22-34-30)31-36-37-38-40(31)32(44-20-25-14-8-3-9-15-25)29(43-19-24-12-6-2-7-13-24)28(41)21-42-18-23-10-4-1-5-11-23/h1-17,22,28-29,32,41H,18-21H2,(H2,33,34,35)/t28-,29-,32?/m1/s1. The number of rotatable bonds is 14. The Morgan fingerprint density at radius 3 is 2.02 bits per heavy atom. The molecule has 0 aliphatic carbocycles. The number of anilines is 1. The summed E-state index contributed by atoms with van der Waals surface area (Å²) < 4.78 is 22.0. The molecule has 0 saturated carbocycles. The van der Waals surface area contributed by atoms with Crippen molar-refractivity contribution in [1.82, 2.24) is 34.8 Å². The molecule has 1 unspecified atom stereocenters. The number of ether oxygens (including phenoxy) is 3. The molecule has 3 N–H and O–H groups in total. The lowest BCUT2D eigenvalue weighted by Crippen LogP contribution is -2.42. The summed E-state index contributed by atoms with van der Waals surface area (Å²) in [5.41, 5.74) is 10.1. The lowest BCUT2D eigenvalue weighted by atomic mass is 10.1. The molecule has 0 aliphatic rings. The largest absolute Gasteiger partial charge is 0.388 e. The molecule has 0 saturated heterocycles. The molecule has 0 radical (unpaired) electrons. The van der Waals surface area contributed by atoms with Crippen LogP contribution < -0.4 is 5.73 Å². The fourth-order valence-electron chi connectivity index (χ4n) is 4.83. The smallest absolute Gasteiger partial charge is 0.203 e. The van der Waals surface area contributed by atoms with E-state index in [-0.39, 0.29) is 19.8 Å². The number of aliphatic hydroxyl groups excluding tert-OH is 1. The van der Waals surface area contributed by atoms with Gasteiger partial charge in [-0.3, -0.25) is 0 Å². The third-order valence-electron chi connectivity index (χ3n) is 7.05. The van der Waals surface area contributed by atoms with Crippen molar-refractivity contribution in [1.29, 1.82) is 0 Å². The van der Waals surface area contributed by atoms with Crippen LogP contribution in [-0.4, -0.2) is 58.7 Å². The van der Waals surface area contributed by atoms with Crippen molar-refractivity contribution in [2.24, 2.45) is 0 Å². The summed E-state index contributed by atoms with van der Waals surface area (Å²) in [6.45, 7) is 0.723. The molecule has 3 aromatic heterocycles. The van der Waals surface area contributed by atoms with Gasteiger partial charge in [0.05, 0.1) is 26.4 Å². The van der Waals surface area contributed by atoms with E-state index in [1.807, 2.05) is 91.0 Å². The van der Waals surface area contributed by atoms with E-state index in [0.717, 1.165) is 16.7 Å². The maximum Gasteiger partial charge on any atom is 0.203 e. The molecule has 3 aromatic carbocycles. The Morgan fingerprint density at radius 2 is 1.36 bits per heavy atom. The van der Waals surface area contributed by atoms with Crippen LogP contribution in [0, 0.1) is 0 Å². The first-order chi connectivity index (χ1) is 21.7. The van der Waals surface area contributed by atoms with Crippen molar-refractivity contribution in [3.63, 3.8) is 0 Å². The van der Waals surface area contributed by atoms with Crippen molar-refractivity contribution in [2.75, 3.05) is 12.3 Å². The van der Waals surface area contributed by atoms with Crippen LogP contribution in [0.4, 0.5) is 5.82 Å². The average Bonchev–Trinajstić information content (AvgIpc) is 3.72. The van der Waals surface area contributed by atoms with Crippen LogP contribution in [0.15, 0.2) is 109 Å². The lowest BCUT2D eigenvalue weighted by Gasteiger charge is -2.31. The molecule has 3 heterocycles. The number of hydrogen-bond acceptors (Lipinski definition) is 10. The summed E-state index contributed by atoms with van der Waals surface area (Å²) in [4.78, 5) is 4.07. The molecule has 44 heavy (non-hydrogen) atoms. The number of aromatic nitrogens is 7. The van der Waals surface area contributed by atoms with Gasteiger partial charge in [0.15, 0.2) is 12.0 Å². The SMILES string of the molecule is Nc1ncnn2c(-c3nnnn3C(OCc3ccccc3)[C@H](OCc3ccccc3)[C@H](O)COCc3ccccc3)ccc12. The molecule has 0 spiro atoms. The predicted molar refractivity (Wildman–Crippen MR) is 162 cm³/mol. The number of fused-ring (bicyclic) bond motifs is 1. The Labute approximate surface area is 253 Å². The summed E-state index contributed by atoms with van der Waals surface area (Å²) in [6.07, 6.45) is -1.66. The molecule has 12 nitrogen and oxygen atoms in total. The highest BCUT2D eigenvalue weighted by Gasteiger charge is 2.35. The highest BCUT2D eigenvalue weighted by molar-refractivity contribution is 5.70. The predicted octanol–water partition coefficient (Wildman–Crippen LogP) is 3.84. The quantitative estimate of drug-likeness (QED) is 0.191. The van der Waals surface area contributed by atoms with Gasteiger partial charge in [0, 0.05) is 0 Å². The minimum atomic E-state index is -1.11. The topological polar surface area (TPSA) is 148 Å². The van der Waals surface area contributed by atoms with Gasteiger partial charge in [-0.2, -0.15) is 9.78 Å². The summed E-state index contributed by atoms with van der Waals surface area (Å²) in [5, 5.41) is 28.5. The van der Waals surface area contributed by atoms with E-state index in [1.54, 1.807) is 16.6 Å². The Morgan fingerprint density at radius 1 is 0.750 bits per heavy atom. The van der Waals surface area contributed by atoms with Crippen LogP contribution >= 0.6 is 0 Å². The van der Waals surface area contributed by atoms with E-state index in [4.69, 9.17) is 19.9 Å². The number of nitrogen functional groups attached to an aromatic ring is 1. The second-order valence-electron chi connectivity index (χ2n) is 10.1. The monoisotopic (exact) mass is 592 g/mol. The van der Waals surface area contributed by atoms with E-state index in [1.165, 1.54) is 11.0 Å². The summed E-state index contributed by atoms with van der Waals surface area (Å²) in [5.74, 6) is 0.657. The molecule has 0 bridgehead atoms. The molecular formula is C32H32N8O4. The molecule has 3 atom stereocenters. The van der Waals surface area contributed by atoms with E-state index in [2.05, 4.69) is 25.6 Å². The van der Waals surface area contributed by atoms with Crippen molar-refractivity contribution < 1.29 is 19.3 Å². The van der Waals surface area contributed by atoms with Crippen LogP contribution in [0.2, 0.25) is 0 Å². The molecule has 0 fully saturated rings. The van der Waals surface area contributed by atoms with E-state index in [9.17, 15) is 5.11 Å². The zero-order valence-corrected chi connectivity index (χ0v) is 23.8. The van der Waals surface area contributed by atoms with E-state index in [0.29, 0.717) is 29.5 Å². The number of benzene rings is 3. The third kappa shape index (κ3) is 6.79. The average molecular weight is 593 g/mol. The van der Waals surface area contributed by atoms with Crippen LogP contribution in [0.1, 0.15) is 22.9 Å². The number of aliphatic hydroxyl groups is 1. The van der Waals surface area contributed by atoms with Gasteiger partial charge in [-0.25, -0.2) is 9.50 Å². The van der Waals surface area contributed by atoms with E-state index >= 15 is 0 Å². The highest BCUT2D eigenvalue weighted by atomic mass is 16.6. The normalized spacial score (nSPS) is 13.6. The molecule has 12 heteroatoms. The van der Waals surface area contributed by atoms with Crippen molar-refractivity contribution >= 4 is 11.3 Å². The number of nitrogens with zero attached hydrogens (tertiary/aromatic N) is 7. The van der Waals surface area contributed by atoms with Crippen LogP contribution in [0.25, 0.3) is 17.0 Å². The van der Waals surface area contributed by atoms with Crippen LogP contribution in [0.3, 0.4) is 0 Å². The van der Waals surface area contributed by atoms with Crippen molar-refractivity contribution in [2.45, 2.75) is 38.3 Å². The van der Waals surface area contributed by atoms with Gasteiger partial charge in [-0.05, 0) is 39.2 Å². The Kier molecular flexibility index (Phi) is 9.24. The maximum atomic E-state index is 11.6. The van der Waals surface area contributed by atoms with Gasteiger partial charge >= 0.3 is 0 Å². The Balaban J connectivity index is 1.34. The fourth-order valence-corrected chi connectivity index (χ4v) is 4.83. The summed E-state index contributed by atoms with van der Waals surface area (Å²) >= 11 is 0. The minimum Gasteiger partial charge on any atom is -0.388 e. The maximum absolute atomic E-state index is 11.6. The van der Waals surface area contributed by atoms with Gasteiger partial charge < -0.3 is 25.1 Å². The molecule has 224 valence electrons. The van der Waals surface area contributed by atoms with Crippen molar-refractivity contribution in [3.05, 3.63) is 126 Å². The highest BCUT2D eigenvalue weighted by Crippen LogP contribution is 2.29. The van der Waals surface area contributed by atoms with Gasteiger partial charge in [0.25, 0.3) is 0 Å². The molecule has 0 amide bonds. The zero-order chi connectivity index (χ0) is 30.1. The Bertz CT molecular complexity index is 1750. The van der Waals surface area contributed by atoms with Crippen LogP contribution in [0.5, 0.6) is 0 Å². The first kappa shape index (κ1) is 29.1. The molecule has 0 aliphatic heterocycles. The van der Waals surface area contributed by atoms with Crippen molar-refractivity contribution in [3.8, 4) is 11.5 Å². The van der Waals surface area contributed by atoms with Gasteiger partial charge in [0.1, 0.15) is 29.7 Å². The first-order valence-corrected chi connectivity index (χ1v) is 14.1. The Hall–Kier alpha value is -5.01. The zero-order valence-electron chi connectivity index (χ0n) is 23.8. The molecular weight excluding hydrogens is 560 g/mol. The number of hydrogen-bond donors (Lipinski definition) is 2. The fraction of sp³-hybridized carbons (Fsp3) is 0.219. The number of nitrogens with two attached hydrogens (primary N) is 1. The molecule has 6 aromatic rings. The molecule has 6 rings (SSSR count). The second kappa shape index (κ2) is 14.0.